The number of rotatable bonds is 6. The Balaban J connectivity index is 1.07. The normalized spacial score (nSPS) is 25.9. The third kappa shape index (κ3) is 5.00. The maximum absolute atomic E-state index is 2.50. The minimum Gasteiger partial charge on any atom is -0.311 e. The van der Waals surface area contributed by atoms with Gasteiger partial charge < -0.3 is 4.90 Å². The molecule has 0 aliphatic heterocycles. The molecule has 5 aromatic carbocycles. The summed E-state index contributed by atoms with van der Waals surface area (Å²) in [4.78, 5) is 2.47. The van der Waals surface area contributed by atoms with Crippen LogP contribution in [0.4, 0.5) is 17.1 Å². The average Bonchev–Trinajstić information content (AvgIpc) is 3.09. The number of nitrogens with zero attached hydrogens (tertiary/aromatic N) is 1. The Morgan fingerprint density at radius 3 is 1.71 bits per heavy atom. The molecule has 226 valence electrons. The third-order valence-corrected chi connectivity index (χ3v) is 12.2. The van der Waals surface area contributed by atoms with Crippen LogP contribution in [0.3, 0.4) is 0 Å². The highest BCUT2D eigenvalue weighted by Crippen LogP contribution is 2.60. The van der Waals surface area contributed by atoms with E-state index < -0.39 is 0 Å². The zero-order valence-corrected chi connectivity index (χ0v) is 26.5. The third-order valence-electron chi connectivity index (χ3n) is 12.2. The van der Waals surface area contributed by atoms with Crippen LogP contribution in [0.1, 0.15) is 87.7 Å². The van der Waals surface area contributed by atoms with Gasteiger partial charge in [-0.15, -0.1) is 0 Å². The van der Waals surface area contributed by atoms with E-state index in [1.54, 1.807) is 5.56 Å². The van der Waals surface area contributed by atoms with Crippen LogP contribution in [0, 0.1) is 17.8 Å². The van der Waals surface area contributed by atoms with Gasteiger partial charge in [-0.2, -0.15) is 0 Å². The largest absolute Gasteiger partial charge is 0.311 e. The molecule has 1 nitrogen and oxygen atoms in total. The summed E-state index contributed by atoms with van der Waals surface area (Å²) in [6, 6.07) is 44.0. The fraction of sp³-hybridized carbons (Fsp3) is 0.364. The predicted octanol–water partition coefficient (Wildman–Crippen LogP) is 12.5. The molecule has 5 saturated carbocycles. The summed E-state index contributed by atoms with van der Waals surface area (Å²) in [5.41, 5.74) is 9.82. The lowest BCUT2D eigenvalue weighted by Crippen LogP contribution is -2.48. The summed E-state index contributed by atoms with van der Waals surface area (Å²) < 4.78 is 0. The standard InChI is InChI=1S/C44H45N/c1-2-7-34(8-3-1)35-13-19-39(20-14-35)45(40-21-15-37(16-22-40)43-12-6-10-36-9-4-5-11-42(36)43)41-23-17-38(18-24-41)44-28-31-25-32(29-44)27-33(26-31)30-44/h4-6,9-24,31-34H,1-3,7-8,25-30H2. The van der Waals surface area contributed by atoms with Gasteiger partial charge in [0.1, 0.15) is 0 Å². The second-order valence-corrected chi connectivity index (χ2v) is 15.1. The zero-order chi connectivity index (χ0) is 29.8. The highest BCUT2D eigenvalue weighted by Gasteiger charge is 2.51. The molecule has 0 spiro atoms. The van der Waals surface area contributed by atoms with E-state index in [9.17, 15) is 0 Å². The molecule has 0 unspecified atom stereocenters. The lowest BCUT2D eigenvalue weighted by Gasteiger charge is -2.57. The second kappa shape index (κ2) is 11.2. The molecule has 4 bridgehead atoms. The summed E-state index contributed by atoms with van der Waals surface area (Å²) in [6.45, 7) is 0. The Morgan fingerprint density at radius 2 is 1.07 bits per heavy atom. The fourth-order valence-corrected chi connectivity index (χ4v) is 10.5. The first-order valence-electron chi connectivity index (χ1n) is 17.8. The van der Waals surface area contributed by atoms with Crippen molar-refractivity contribution >= 4 is 27.8 Å². The molecule has 5 aromatic rings. The molecule has 5 aliphatic rings. The molecule has 0 heterocycles. The summed E-state index contributed by atoms with van der Waals surface area (Å²) >= 11 is 0. The number of hydrogen-bond donors (Lipinski definition) is 0. The Bertz CT molecular complexity index is 1750. The van der Waals surface area contributed by atoms with Gasteiger partial charge in [-0.1, -0.05) is 98.1 Å². The van der Waals surface area contributed by atoms with E-state index in [0.29, 0.717) is 5.41 Å². The van der Waals surface area contributed by atoms with Crippen molar-refractivity contribution in [1.82, 2.24) is 0 Å². The Hall–Kier alpha value is -3.84. The monoisotopic (exact) mass is 587 g/mol. The maximum Gasteiger partial charge on any atom is 0.0462 e. The molecule has 0 saturated heterocycles. The van der Waals surface area contributed by atoms with Gasteiger partial charge in [0.2, 0.25) is 0 Å². The van der Waals surface area contributed by atoms with Crippen molar-refractivity contribution in [2.45, 2.75) is 82.0 Å². The molecule has 0 atom stereocenters. The molecule has 1 heteroatoms. The molecule has 0 radical (unpaired) electrons. The van der Waals surface area contributed by atoms with Crippen LogP contribution in [0.2, 0.25) is 0 Å². The van der Waals surface area contributed by atoms with Crippen LogP contribution >= 0.6 is 0 Å². The van der Waals surface area contributed by atoms with Crippen molar-refractivity contribution in [3.05, 3.63) is 126 Å². The highest BCUT2D eigenvalue weighted by atomic mass is 15.1. The number of benzene rings is 5. The quantitative estimate of drug-likeness (QED) is 0.191. The molecule has 0 aromatic heterocycles. The van der Waals surface area contributed by atoms with Crippen molar-refractivity contribution in [3.63, 3.8) is 0 Å². The number of anilines is 3. The molecule has 45 heavy (non-hydrogen) atoms. The van der Waals surface area contributed by atoms with Crippen molar-refractivity contribution < 1.29 is 0 Å². The van der Waals surface area contributed by atoms with Crippen molar-refractivity contribution in [2.75, 3.05) is 4.90 Å². The molecule has 10 rings (SSSR count). The second-order valence-electron chi connectivity index (χ2n) is 15.1. The van der Waals surface area contributed by atoms with Gasteiger partial charge in [-0.05, 0) is 150 Å². The Labute approximate surface area is 269 Å². The minimum atomic E-state index is 0.430. The van der Waals surface area contributed by atoms with E-state index in [2.05, 4.69) is 120 Å². The topological polar surface area (TPSA) is 3.24 Å². The first kappa shape index (κ1) is 27.5. The first-order chi connectivity index (χ1) is 22.2. The fourth-order valence-electron chi connectivity index (χ4n) is 10.5. The van der Waals surface area contributed by atoms with E-state index in [1.807, 2.05) is 0 Å². The smallest absolute Gasteiger partial charge is 0.0462 e. The van der Waals surface area contributed by atoms with Crippen LogP contribution in [0.5, 0.6) is 0 Å². The van der Waals surface area contributed by atoms with Crippen LogP contribution in [-0.2, 0) is 5.41 Å². The van der Waals surface area contributed by atoms with Gasteiger partial charge in [0.05, 0.1) is 0 Å². The Kier molecular flexibility index (Phi) is 6.84. The molecule has 0 amide bonds. The molecular weight excluding hydrogens is 542 g/mol. The molecule has 0 N–H and O–H groups in total. The van der Waals surface area contributed by atoms with Gasteiger partial charge in [-0.25, -0.2) is 0 Å². The van der Waals surface area contributed by atoms with Gasteiger partial charge in [0.25, 0.3) is 0 Å². The summed E-state index contributed by atoms with van der Waals surface area (Å²) in [6.07, 6.45) is 15.6. The van der Waals surface area contributed by atoms with Crippen LogP contribution in [0.15, 0.2) is 115 Å². The highest BCUT2D eigenvalue weighted by molar-refractivity contribution is 5.97. The lowest BCUT2D eigenvalue weighted by molar-refractivity contribution is -0.00518. The van der Waals surface area contributed by atoms with Crippen LogP contribution < -0.4 is 4.90 Å². The van der Waals surface area contributed by atoms with Gasteiger partial charge >= 0.3 is 0 Å². The van der Waals surface area contributed by atoms with Crippen LogP contribution in [0.25, 0.3) is 21.9 Å². The van der Waals surface area contributed by atoms with Gasteiger partial charge in [0.15, 0.2) is 0 Å². The summed E-state index contributed by atoms with van der Waals surface area (Å²) in [5, 5.41) is 2.60. The number of fused-ring (bicyclic) bond motifs is 1. The zero-order valence-electron chi connectivity index (χ0n) is 26.5. The maximum atomic E-state index is 2.50. The van der Waals surface area contributed by atoms with Crippen molar-refractivity contribution in [1.29, 1.82) is 0 Å². The SMILES string of the molecule is c1ccc2c(-c3ccc(N(c4ccc(C5CCCCC5)cc4)c4ccc(C56CC7CC(CC(C7)C5)C6)cc4)cc3)cccc2c1. The van der Waals surface area contributed by atoms with E-state index in [-0.39, 0.29) is 0 Å². The van der Waals surface area contributed by atoms with Crippen molar-refractivity contribution in [3.8, 4) is 11.1 Å². The Morgan fingerprint density at radius 1 is 0.511 bits per heavy atom. The van der Waals surface area contributed by atoms with Gasteiger partial charge in [-0.3, -0.25) is 0 Å². The van der Waals surface area contributed by atoms with Crippen molar-refractivity contribution in [2.24, 2.45) is 17.8 Å². The number of hydrogen-bond acceptors (Lipinski definition) is 1. The van der Waals surface area contributed by atoms with Gasteiger partial charge in [0, 0.05) is 17.1 Å². The van der Waals surface area contributed by atoms with E-state index >= 15 is 0 Å². The van der Waals surface area contributed by atoms with E-state index in [0.717, 1.165) is 23.7 Å². The summed E-state index contributed by atoms with van der Waals surface area (Å²) in [7, 11) is 0. The summed E-state index contributed by atoms with van der Waals surface area (Å²) in [5.74, 6) is 3.63. The average molecular weight is 588 g/mol. The molecule has 5 fully saturated rings. The van der Waals surface area contributed by atoms with Crippen LogP contribution in [-0.4, -0.2) is 0 Å². The van der Waals surface area contributed by atoms with E-state index in [1.165, 1.54) is 115 Å². The predicted molar refractivity (Wildman–Crippen MR) is 190 cm³/mol. The minimum absolute atomic E-state index is 0.430. The molecular formula is C44H45N. The van der Waals surface area contributed by atoms with E-state index in [4.69, 9.17) is 0 Å². The first-order valence-corrected chi connectivity index (χ1v) is 17.8. The molecule has 5 aliphatic carbocycles. The lowest BCUT2D eigenvalue weighted by atomic mass is 9.48.